The first kappa shape index (κ1) is 22.6. The molecule has 2 aromatic carbocycles. The van der Waals surface area contributed by atoms with Gasteiger partial charge in [-0.05, 0) is 62.1 Å². The van der Waals surface area contributed by atoms with Crippen LogP contribution in [-0.2, 0) is 23.7 Å². The molecule has 0 saturated carbocycles. The summed E-state index contributed by atoms with van der Waals surface area (Å²) in [7, 11) is -0.0724. The van der Waals surface area contributed by atoms with Gasteiger partial charge in [0.05, 0.1) is 6.67 Å². The first-order valence-corrected chi connectivity index (χ1v) is 12.6. The Bertz CT molecular complexity index is 729. The zero-order valence-corrected chi connectivity index (χ0v) is 19.2. The summed E-state index contributed by atoms with van der Waals surface area (Å²) in [5, 5.41) is 9.18. The van der Waals surface area contributed by atoms with E-state index in [4.69, 9.17) is 24.8 Å². The van der Waals surface area contributed by atoms with E-state index in [0.717, 1.165) is 55.6 Å². The van der Waals surface area contributed by atoms with Crippen molar-refractivity contribution in [1.29, 1.82) is 0 Å². The monoisotopic (exact) mass is 447 g/mol. The Hall–Kier alpha value is -1.09. The van der Waals surface area contributed by atoms with Crippen LogP contribution in [-0.4, -0.2) is 39.7 Å². The third-order valence-corrected chi connectivity index (χ3v) is 8.48. The Morgan fingerprint density at radius 2 is 1.45 bits per heavy atom. The van der Waals surface area contributed by atoms with Crippen LogP contribution in [0.1, 0.15) is 24.0 Å². The van der Waals surface area contributed by atoms with E-state index in [1.807, 2.05) is 0 Å². The molecule has 1 fully saturated rings. The van der Waals surface area contributed by atoms with Gasteiger partial charge < -0.3 is 5.32 Å². The van der Waals surface area contributed by atoms with Gasteiger partial charge >= 0.3 is 4.32 Å². The quantitative estimate of drug-likeness (QED) is 0.174. The highest BCUT2D eigenvalue weighted by molar-refractivity contribution is 8.25. The van der Waals surface area contributed by atoms with Crippen LogP contribution < -0.4 is 16.1 Å². The molecular weight excluding hydrogens is 416 g/mol. The highest BCUT2D eigenvalue weighted by Crippen LogP contribution is 2.20. The van der Waals surface area contributed by atoms with Gasteiger partial charge in [0.1, 0.15) is 10.9 Å². The minimum Gasteiger partial charge on any atom is -0.303 e. The molecule has 1 aliphatic rings. The third-order valence-electron chi connectivity index (χ3n) is 4.86. The van der Waals surface area contributed by atoms with Crippen molar-refractivity contribution in [2.45, 2.75) is 30.4 Å². The third kappa shape index (κ3) is 7.59. The van der Waals surface area contributed by atoms with Gasteiger partial charge in [-0.25, -0.2) is 0 Å². The van der Waals surface area contributed by atoms with Crippen LogP contribution in [0.25, 0.3) is 0 Å². The Morgan fingerprint density at radius 1 is 0.897 bits per heavy atom. The highest BCUT2D eigenvalue weighted by Gasteiger charge is 2.45. The van der Waals surface area contributed by atoms with Gasteiger partial charge in [-0.3, -0.25) is 10.7 Å². The molecule has 2 unspecified atom stereocenters. The second kappa shape index (κ2) is 12.6. The Labute approximate surface area is 188 Å². The summed E-state index contributed by atoms with van der Waals surface area (Å²) in [6, 6.07) is 21.3. The number of rotatable bonds is 12. The molecule has 4 nitrogen and oxygen atoms in total. The van der Waals surface area contributed by atoms with Crippen LogP contribution in [0.3, 0.4) is 0 Å². The first-order valence-electron chi connectivity index (χ1n) is 10.2. The predicted molar refractivity (Wildman–Crippen MR) is 133 cm³/mol. The lowest BCUT2D eigenvalue weighted by Gasteiger charge is -2.16. The van der Waals surface area contributed by atoms with Crippen molar-refractivity contribution >= 4 is 40.1 Å². The Kier molecular flexibility index (Phi) is 9.79. The molecule has 1 aliphatic heterocycles. The fraction of sp³-hybridized carbons (Fsp3) is 0.409. The first-order chi connectivity index (χ1) is 14.2. The van der Waals surface area contributed by atoms with Crippen molar-refractivity contribution in [3.63, 3.8) is 0 Å². The molecule has 0 bridgehead atoms. The van der Waals surface area contributed by atoms with E-state index in [1.54, 1.807) is 0 Å². The second-order valence-corrected chi connectivity index (χ2v) is 10.6. The van der Waals surface area contributed by atoms with Crippen molar-refractivity contribution in [2.75, 3.05) is 25.6 Å². The predicted octanol–water partition coefficient (Wildman–Crippen LogP) is 3.28. The maximum Gasteiger partial charge on any atom is 0.306 e. The van der Waals surface area contributed by atoms with Crippen molar-refractivity contribution in [3.05, 3.63) is 71.8 Å². The number of nitrogens with one attached hydrogen (secondary N) is 3. The van der Waals surface area contributed by atoms with Gasteiger partial charge in [0.15, 0.2) is 5.88 Å². The molecule has 0 aliphatic carbocycles. The number of hydrogen-bond donors (Lipinski definition) is 4. The minimum absolute atomic E-state index is 0.0724. The fourth-order valence-electron chi connectivity index (χ4n) is 3.24. The zero-order valence-electron chi connectivity index (χ0n) is 16.7. The standard InChI is InChI=1S/C22H30N4S3/c27-21-25-26(17-23-15-7-13-19-9-3-1-4-10-19)22(28)29(21)18-24-16-8-14-20-11-5-2-6-12-20/h1-6,9-12,22-24H,7-8,13-18H2,(H-,25,27,28)/p+1. The maximum atomic E-state index is 5.56. The van der Waals surface area contributed by atoms with Gasteiger partial charge in [0, 0.05) is 0 Å². The molecule has 1 saturated heterocycles. The van der Waals surface area contributed by atoms with Crippen LogP contribution in [0.2, 0.25) is 0 Å². The summed E-state index contributed by atoms with van der Waals surface area (Å²) >= 11 is 10.4. The molecule has 156 valence electrons. The summed E-state index contributed by atoms with van der Waals surface area (Å²) in [6.07, 6.45) is 4.45. The lowest BCUT2D eigenvalue weighted by atomic mass is 10.1. The Morgan fingerprint density at radius 3 is 2.03 bits per heavy atom. The molecule has 29 heavy (non-hydrogen) atoms. The zero-order chi connectivity index (χ0) is 20.3. The van der Waals surface area contributed by atoms with Crippen molar-refractivity contribution in [3.8, 4) is 0 Å². The summed E-state index contributed by atoms with van der Waals surface area (Å²) in [5.41, 5.74) is 6.11. The lowest BCUT2D eigenvalue weighted by Crippen LogP contribution is -2.43. The lowest BCUT2D eigenvalue weighted by molar-refractivity contribution is 0.253. The molecule has 3 rings (SSSR count). The molecule has 3 N–H and O–H groups in total. The van der Waals surface area contributed by atoms with E-state index < -0.39 is 0 Å². The SMILES string of the molecule is S=C1NN(CNCCCc2ccccc2)C(S)[S+]1CNCCCc1ccccc1. The number of hydrogen-bond acceptors (Lipinski definition) is 5. The largest absolute Gasteiger partial charge is 0.306 e. The van der Waals surface area contributed by atoms with E-state index in [1.165, 1.54) is 11.1 Å². The molecule has 2 aromatic rings. The van der Waals surface area contributed by atoms with Crippen LogP contribution in [0.4, 0.5) is 0 Å². The second-order valence-electron chi connectivity index (χ2n) is 7.10. The van der Waals surface area contributed by atoms with Crippen molar-refractivity contribution in [1.82, 2.24) is 21.1 Å². The average molecular weight is 448 g/mol. The summed E-state index contributed by atoms with van der Waals surface area (Å²) in [4.78, 5) is 0. The molecule has 2 atom stereocenters. The minimum atomic E-state index is -0.0724. The molecule has 0 aromatic heterocycles. The number of thiol groups is 1. The number of hydrazine groups is 1. The number of nitrogens with zero attached hydrogens (tertiary/aromatic N) is 1. The molecular formula is C22H31N4S3+. The number of benzene rings is 2. The van der Waals surface area contributed by atoms with Gasteiger partial charge in [0.25, 0.3) is 0 Å². The van der Waals surface area contributed by atoms with Crippen LogP contribution >= 0.6 is 24.8 Å². The summed E-state index contributed by atoms with van der Waals surface area (Å²) in [6.45, 7) is 2.73. The topological polar surface area (TPSA) is 39.3 Å². The van der Waals surface area contributed by atoms with E-state index in [-0.39, 0.29) is 15.6 Å². The highest BCUT2D eigenvalue weighted by atomic mass is 32.2. The smallest absolute Gasteiger partial charge is 0.303 e. The van der Waals surface area contributed by atoms with Crippen LogP contribution in [0.15, 0.2) is 60.7 Å². The summed E-state index contributed by atoms with van der Waals surface area (Å²) < 4.78 is 1.03. The average Bonchev–Trinajstić information content (AvgIpc) is 3.02. The van der Waals surface area contributed by atoms with Crippen molar-refractivity contribution < 1.29 is 0 Å². The van der Waals surface area contributed by atoms with E-state index >= 15 is 0 Å². The van der Waals surface area contributed by atoms with Gasteiger partial charge in [-0.15, -0.1) is 17.6 Å². The molecule has 0 amide bonds. The maximum absolute atomic E-state index is 5.56. The van der Waals surface area contributed by atoms with Gasteiger partial charge in [-0.2, -0.15) is 0 Å². The molecule has 0 spiro atoms. The Balaban J connectivity index is 1.28. The number of aryl methyl sites for hydroxylation is 2. The number of thiocarbonyl (C=S) groups is 1. The van der Waals surface area contributed by atoms with Crippen LogP contribution in [0.5, 0.6) is 0 Å². The van der Waals surface area contributed by atoms with Gasteiger partial charge in [-0.1, -0.05) is 60.7 Å². The normalized spacial score (nSPS) is 19.4. The van der Waals surface area contributed by atoms with E-state index in [2.05, 4.69) is 81.7 Å². The van der Waals surface area contributed by atoms with E-state index in [9.17, 15) is 0 Å². The van der Waals surface area contributed by atoms with Crippen LogP contribution in [0, 0.1) is 0 Å². The van der Waals surface area contributed by atoms with E-state index in [0.29, 0.717) is 0 Å². The van der Waals surface area contributed by atoms with Gasteiger partial charge in [0.2, 0.25) is 4.71 Å². The molecule has 1 heterocycles. The molecule has 0 radical (unpaired) electrons. The fourth-order valence-corrected chi connectivity index (χ4v) is 6.21. The molecule has 7 heteroatoms. The van der Waals surface area contributed by atoms with Crippen molar-refractivity contribution in [2.24, 2.45) is 0 Å². The summed E-state index contributed by atoms with van der Waals surface area (Å²) in [5.74, 6) is 0.888.